The Labute approximate surface area is 113 Å². The average molecular weight is 253 g/mol. The zero-order chi connectivity index (χ0) is 13.6. The van der Waals surface area contributed by atoms with E-state index in [1.807, 2.05) is 0 Å². The second-order valence-electron chi connectivity index (χ2n) is 8.25. The molecule has 18 heavy (non-hydrogen) atoms. The number of ether oxygens (including phenoxy) is 1. The maximum absolute atomic E-state index is 6.42. The van der Waals surface area contributed by atoms with Crippen LogP contribution in [0.4, 0.5) is 0 Å². The predicted octanol–water partition coefficient (Wildman–Crippen LogP) is 4.10. The van der Waals surface area contributed by atoms with E-state index in [1.54, 1.807) is 0 Å². The van der Waals surface area contributed by atoms with Crippen molar-refractivity contribution >= 4 is 0 Å². The Morgan fingerprint density at radius 2 is 1.67 bits per heavy atom. The van der Waals surface area contributed by atoms with Gasteiger partial charge in [0.15, 0.2) is 0 Å². The van der Waals surface area contributed by atoms with Gasteiger partial charge in [-0.05, 0) is 64.2 Å². The summed E-state index contributed by atoms with van der Waals surface area (Å²) < 4.78 is 6.42. The monoisotopic (exact) mass is 253 g/mol. The molecule has 2 aliphatic rings. The summed E-state index contributed by atoms with van der Waals surface area (Å²) in [4.78, 5) is 0. The van der Waals surface area contributed by atoms with Crippen LogP contribution in [0.15, 0.2) is 0 Å². The highest BCUT2D eigenvalue weighted by Gasteiger charge is 2.46. The standard InChI is InChI=1S/C16H31NO/c1-12-11-15(5,6)18-16(17-12)9-7-13(8-10-16)14(2,3)4/h12-13,17H,7-11H2,1-6H3. The van der Waals surface area contributed by atoms with Gasteiger partial charge in [0.25, 0.3) is 0 Å². The van der Waals surface area contributed by atoms with Gasteiger partial charge in [-0.1, -0.05) is 20.8 Å². The van der Waals surface area contributed by atoms with Crippen molar-refractivity contribution in [3.8, 4) is 0 Å². The molecule has 2 fully saturated rings. The topological polar surface area (TPSA) is 21.3 Å². The molecule has 1 unspecified atom stereocenters. The highest BCUT2D eigenvalue weighted by molar-refractivity contribution is 4.96. The Balaban J connectivity index is 2.03. The summed E-state index contributed by atoms with van der Waals surface area (Å²) in [6.45, 7) is 13.9. The molecule has 1 saturated heterocycles. The molecule has 0 bridgehead atoms. The van der Waals surface area contributed by atoms with E-state index in [1.165, 1.54) is 25.7 Å². The largest absolute Gasteiger partial charge is 0.355 e. The van der Waals surface area contributed by atoms with E-state index in [0.717, 1.165) is 12.3 Å². The lowest BCUT2D eigenvalue weighted by Crippen LogP contribution is -2.62. The minimum Gasteiger partial charge on any atom is -0.355 e. The molecule has 0 aromatic rings. The van der Waals surface area contributed by atoms with Crippen LogP contribution >= 0.6 is 0 Å². The van der Waals surface area contributed by atoms with Crippen LogP contribution in [0.3, 0.4) is 0 Å². The van der Waals surface area contributed by atoms with Gasteiger partial charge in [-0.25, -0.2) is 0 Å². The van der Waals surface area contributed by atoms with Crippen LogP contribution in [0.5, 0.6) is 0 Å². The van der Waals surface area contributed by atoms with E-state index in [4.69, 9.17) is 4.74 Å². The molecular weight excluding hydrogens is 222 g/mol. The third kappa shape index (κ3) is 3.08. The Morgan fingerprint density at radius 1 is 1.11 bits per heavy atom. The average Bonchev–Trinajstić information content (AvgIpc) is 2.12. The molecule has 2 heteroatoms. The van der Waals surface area contributed by atoms with Gasteiger partial charge in [-0.15, -0.1) is 0 Å². The van der Waals surface area contributed by atoms with E-state index in [-0.39, 0.29) is 11.3 Å². The van der Waals surface area contributed by atoms with E-state index < -0.39 is 0 Å². The molecule has 0 radical (unpaired) electrons. The minimum absolute atomic E-state index is 0.0270. The molecule has 1 heterocycles. The van der Waals surface area contributed by atoms with Crippen molar-refractivity contribution in [3.05, 3.63) is 0 Å². The fraction of sp³-hybridized carbons (Fsp3) is 1.00. The van der Waals surface area contributed by atoms with E-state index in [0.29, 0.717) is 11.5 Å². The smallest absolute Gasteiger partial charge is 0.120 e. The lowest BCUT2D eigenvalue weighted by atomic mass is 9.69. The first-order valence-corrected chi connectivity index (χ1v) is 7.60. The van der Waals surface area contributed by atoms with Crippen molar-refractivity contribution in [2.45, 2.75) is 91.0 Å². The lowest BCUT2D eigenvalue weighted by molar-refractivity contribution is -0.215. The summed E-state index contributed by atoms with van der Waals surface area (Å²) in [7, 11) is 0. The van der Waals surface area contributed by atoms with Crippen LogP contribution in [0.2, 0.25) is 0 Å². The molecule has 2 rings (SSSR count). The van der Waals surface area contributed by atoms with E-state index in [9.17, 15) is 0 Å². The van der Waals surface area contributed by atoms with E-state index in [2.05, 4.69) is 46.9 Å². The van der Waals surface area contributed by atoms with Crippen molar-refractivity contribution in [2.75, 3.05) is 0 Å². The van der Waals surface area contributed by atoms with Crippen LogP contribution in [0.1, 0.15) is 73.6 Å². The normalized spacial score (nSPS) is 41.0. The molecule has 0 aromatic carbocycles. The van der Waals surface area contributed by atoms with Gasteiger partial charge in [0.2, 0.25) is 0 Å². The second-order valence-corrected chi connectivity index (χ2v) is 8.25. The summed E-state index contributed by atoms with van der Waals surface area (Å²) in [5.74, 6) is 0.842. The quantitative estimate of drug-likeness (QED) is 0.702. The maximum Gasteiger partial charge on any atom is 0.120 e. The van der Waals surface area contributed by atoms with Crippen LogP contribution < -0.4 is 5.32 Å². The van der Waals surface area contributed by atoms with Crippen molar-refractivity contribution in [2.24, 2.45) is 11.3 Å². The first kappa shape index (κ1) is 14.3. The van der Waals surface area contributed by atoms with E-state index >= 15 is 0 Å². The third-order valence-electron chi connectivity index (χ3n) is 4.80. The Hall–Kier alpha value is -0.0800. The molecule has 106 valence electrons. The first-order valence-electron chi connectivity index (χ1n) is 7.60. The SMILES string of the molecule is CC1CC(C)(C)OC2(CCC(C(C)(C)C)CC2)N1. The predicted molar refractivity (Wildman–Crippen MR) is 76.5 cm³/mol. The number of rotatable bonds is 0. The van der Waals surface area contributed by atoms with Crippen LogP contribution in [-0.2, 0) is 4.74 Å². The Morgan fingerprint density at radius 3 is 2.11 bits per heavy atom. The van der Waals surface area contributed by atoms with Gasteiger partial charge >= 0.3 is 0 Å². The Kier molecular flexibility index (Phi) is 3.57. The van der Waals surface area contributed by atoms with Crippen LogP contribution in [0.25, 0.3) is 0 Å². The molecule has 0 aromatic heterocycles. The number of nitrogens with one attached hydrogen (secondary N) is 1. The summed E-state index contributed by atoms with van der Waals surface area (Å²) in [5.41, 5.74) is 0.430. The minimum atomic E-state index is -0.0388. The number of hydrogen-bond donors (Lipinski definition) is 1. The van der Waals surface area contributed by atoms with Gasteiger partial charge in [0, 0.05) is 6.04 Å². The fourth-order valence-corrected chi connectivity index (χ4v) is 4.03. The van der Waals surface area contributed by atoms with Crippen molar-refractivity contribution in [3.63, 3.8) is 0 Å². The molecule has 1 atom stereocenters. The molecule has 2 nitrogen and oxygen atoms in total. The highest BCUT2D eigenvalue weighted by Crippen LogP contribution is 2.45. The van der Waals surface area contributed by atoms with Crippen LogP contribution in [-0.4, -0.2) is 17.4 Å². The molecule has 1 N–H and O–H groups in total. The van der Waals surface area contributed by atoms with Gasteiger partial charge < -0.3 is 4.74 Å². The van der Waals surface area contributed by atoms with Gasteiger partial charge in [0.1, 0.15) is 5.72 Å². The van der Waals surface area contributed by atoms with Crippen molar-refractivity contribution < 1.29 is 4.74 Å². The second kappa shape index (κ2) is 4.49. The summed E-state index contributed by atoms with van der Waals surface area (Å²) >= 11 is 0. The van der Waals surface area contributed by atoms with Crippen molar-refractivity contribution in [1.82, 2.24) is 5.32 Å². The highest BCUT2D eigenvalue weighted by atomic mass is 16.5. The third-order valence-corrected chi connectivity index (χ3v) is 4.80. The fourth-order valence-electron chi connectivity index (χ4n) is 4.03. The van der Waals surface area contributed by atoms with Gasteiger partial charge in [0.05, 0.1) is 5.60 Å². The molecule has 0 amide bonds. The zero-order valence-corrected chi connectivity index (χ0v) is 13.1. The molecule has 1 spiro atoms. The summed E-state index contributed by atoms with van der Waals surface area (Å²) in [6.07, 6.45) is 6.03. The van der Waals surface area contributed by atoms with Crippen LogP contribution in [0, 0.1) is 11.3 Å². The molecule has 1 aliphatic heterocycles. The maximum atomic E-state index is 6.42. The molecule has 1 saturated carbocycles. The summed E-state index contributed by atoms with van der Waals surface area (Å²) in [5, 5.41) is 3.74. The number of hydrogen-bond acceptors (Lipinski definition) is 2. The van der Waals surface area contributed by atoms with Gasteiger partial charge in [-0.3, -0.25) is 5.32 Å². The lowest BCUT2D eigenvalue weighted by Gasteiger charge is -2.52. The van der Waals surface area contributed by atoms with Crippen molar-refractivity contribution in [1.29, 1.82) is 0 Å². The molecule has 1 aliphatic carbocycles. The molecular formula is C16H31NO. The zero-order valence-electron chi connectivity index (χ0n) is 13.1. The van der Waals surface area contributed by atoms with Gasteiger partial charge in [-0.2, -0.15) is 0 Å². The summed E-state index contributed by atoms with van der Waals surface area (Å²) in [6, 6.07) is 0.569. The Bertz CT molecular complexity index is 295. The first-order chi connectivity index (χ1) is 8.12.